The molecule has 2 unspecified atom stereocenters. The molecule has 0 saturated heterocycles. The molecule has 2 bridgehead atoms. The van der Waals surface area contributed by atoms with E-state index in [9.17, 15) is 0 Å². The topological polar surface area (TPSA) is 6.48 Å². The second kappa shape index (κ2) is 13.9. The van der Waals surface area contributed by atoms with Gasteiger partial charge in [0.15, 0.2) is 0 Å². The van der Waals surface area contributed by atoms with E-state index < -0.39 is 0 Å². The number of fused-ring (bicyclic) bond motifs is 13. The molecule has 4 heteroatoms. The predicted octanol–water partition coefficient (Wildman–Crippen LogP) is 16.4. The summed E-state index contributed by atoms with van der Waals surface area (Å²) >= 11 is 2.05. The van der Waals surface area contributed by atoms with Crippen molar-refractivity contribution in [1.29, 1.82) is 0 Å². The van der Waals surface area contributed by atoms with Gasteiger partial charge in [-0.1, -0.05) is 145 Å². The van der Waals surface area contributed by atoms with Crippen LogP contribution in [-0.4, -0.2) is 6.71 Å². The van der Waals surface area contributed by atoms with Crippen molar-refractivity contribution in [1.82, 2.24) is 0 Å². The first-order valence-corrected chi connectivity index (χ1v) is 27.2. The van der Waals surface area contributed by atoms with Crippen molar-refractivity contribution >= 4 is 78.0 Å². The van der Waals surface area contributed by atoms with E-state index in [1.165, 1.54) is 144 Å². The lowest BCUT2D eigenvalue weighted by Gasteiger charge is -2.46. The molecular weight excluding hydrogens is 852 g/mol. The fraction of sp³-hybridized carbons (Fsp3) is 0.415. The molecule has 4 aliphatic carbocycles. The molecule has 13 rings (SSSR count). The third kappa shape index (κ3) is 6.15. The first kappa shape index (κ1) is 43.9. The van der Waals surface area contributed by atoms with Gasteiger partial charge in [0.05, 0.1) is 5.00 Å². The van der Waals surface area contributed by atoms with Crippen LogP contribution < -0.4 is 26.2 Å². The Bertz CT molecular complexity index is 3360. The molecule has 7 aromatic rings. The lowest BCUT2D eigenvalue weighted by atomic mass is 9.33. The molecular formula is C65H71BN2S. The van der Waals surface area contributed by atoms with E-state index in [4.69, 9.17) is 0 Å². The monoisotopic (exact) mass is 923 g/mol. The van der Waals surface area contributed by atoms with E-state index in [1.807, 2.05) is 0 Å². The molecule has 1 fully saturated rings. The Balaban J connectivity index is 1.17. The van der Waals surface area contributed by atoms with Gasteiger partial charge < -0.3 is 9.80 Å². The van der Waals surface area contributed by atoms with Crippen LogP contribution in [0, 0.1) is 0 Å². The minimum atomic E-state index is -0.0182. The fourth-order valence-corrected chi connectivity index (χ4v) is 16.1. The van der Waals surface area contributed by atoms with Gasteiger partial charge in [0.2, 0.25) is 0 Å². The van der Waals surface area contributed by atoms with Gasteiger partial charge in [-0.3, -0.25) is 0 Å². The van der Waals surface area contributed by atoms with E-state index in [2.05, 4.69) is 220 Å². The zero-order valence-electron chi connectivity index (χ0n) is 43.7. The van der Waals surface area contributed by atoms with Crippen molar-refractivity contribution in [3.63, 3.8) is 0 Å². The molecule has 0 radical (unpaired) electrons. The zero-order valence-corrected chi connectivity index (χ0v) is 44.5. The standard InChI is InChI=1S/C65H71BN2S/c1-59(2,3)41-19-24-52-51(33-41)66-56-44-36-49-50(65(13)30-29-64(49,12)38-65)37-55(44)69-58(56)68(43-21-23-46-48(35-43)63(10,11)28-26-61(46,6)7)54-32-40(39-17-15-14-16-18-39)31-53(57(54)66)67(52)42-20-22-45-47(34-42)62(8,9)27-25-60(45,4)5/h14-24,31-37H,25-30,38H2,1-13H3. The lowest BCUT2D eigenvalue weighted by molar-refractivity contribution is 0.332. The molecule has 2 nitrogen and oxygen atoms in total. The summed E-state index contributed by atoms with van der Waals surface area (Å²) in [6.45, 7) is 32.1. The Morgan fingerprint density at radius 2 is 1.00 bits per heavy atom. The summed E-state index contributed by atoms with van der Waals surface area (Å²) in [6, 6.07) is 44.5. The Morgan fingerprint density at radius 3 is 1.58 bits per heavy atom. The summed E-state index contributed by atoms with van der Waals surface area (Å²) in [5.41, 5.74) is 24.8. The van der Waals surface area contributed by atoms with Crippen LogP contribution in [0.5, 0.6) is 0 Å². The molecule has 1 saturated carbocycles. The highest BCUT2D eigenvalue weighted by Gasteiger charge is 2.54. The van der Waals surface area contributed by atoms with Crippen molar-refractivity contribution in [3.8, 4) is 11.1 Å². The van der Waals surface area contributed by atoms with Gasteiger partial charge in [0.25, 0.3) is 6.71 Å². The SMILES string of the molecule is CC(C)(C)c1ccc2c(c1)B1c3c(cc(-c4ccccc4)cc3N(c3ccc4c(c3)C(C)(C)CCC4(C)C)c3sc4cc5c(cc4c31)C1(C)CCC5(C)C1)N2c1ccc2c(c1)C(C)(C)CCC2(C)C. The van der Waals surface area contributed by atoms with Gasteiger partial charge in [0.1, 0.15) is 0 Å². The summed E-state index contributed by atoms with van der Waals surface area (Å²) in [4.78, 5) is 5.44. The summed E-state index contributed by atoms with van der Waals surface area (Å²) in [5.74, 6) is 0. The average molecular weight is 923 g/mol. The fourth-order valence-electron chi connectivity index (χ4n) is 14.8. The molecule has 1 aromatic heterocycles. The van der Waals surface area contributed by atoms with Crippen LogP contribution in [0.1, 0.15) is 174 Å². The van der Waals surface area contributed by atoms with Gasteiger partial charge in [-0.15, -0.1) is 11.3 Å². The molecule has 350 valence electrons. The summed E-state index contributed by atoms with van der Waals surface area (Å²) < 4.78 is 1.44. The zero-order chi connectivity index (χ0) is 48.2. The number of thiophene rings is 1. The highest BCUT2D eigenvalue weighted by Crippen LogP contribution is 2.62. The predicted molar refractivity (Wildman–Crippen MR) is 299 cm³/mol. The van der Waals surface area contributed by atoms with Crippen molar-refractivity contribution in [3.05, 3.63) is 148 Å². The highest BCUT2D eigenvalue weighted by atomic mass is 32.1. The normalized spacial score (nSPS) is 23.8. The van der Waals surface area contributed by atoms with Gasteiger partial charge in [0, 0.05) is 33.1 Å². The lowest BCUT2D eigenvalue weighted by Crippen LogP contribution is -2.61. The van der Waals surface area contributed by atoms with Gasteiger partial charge in [-0.05, 0) is 209 Å². The van der Waals surface area contributed by atoms with Crippen LogP contribution >= 0.6 is 11.3 Å². The third-order valence-corrected chi connectivity index (χ3v) is 20.5. The summed E-state index contributed by atoms with van der Waals surface area (Å²) in [5, 5.41) is 2.85. The van der Waals surface area contributed by atoms with Crippen molar-refractivity contribution in [2.24, 2.45) is 0 Å². The van der Waals surface area contributed by atoms with Gasteiger partial charge in [-0.2, -0.15) is 0 Å². The third-order valence-electron chi connectivity index (χ3n) is 19.3. The van der Waals surface area contributed by atoms with Crippen LogP contribution in [0.4, 0.5) is 33.4 Å². The number of rotatable bonds is 3. The van der Waals surface area contributed by atoms with E-state index >= 15 is 0 Å². The van der Waals surface area contributed by atoms with Crippen molar-refractivity contribution in [2.45, 2.75) is 173 Å². The quantitative estimate of drug-likeness (QED) is 0.163. The van der Waals surface area contributed by atoms with E-state index in [0.717, 1.165) is 0 Å². The Kier molecular flexibility index (Phi) is 8.83. The molecule has 6 aromatic carbocycles. The Hall–Kier alpha value is -5.06. The van der Waals surface area contributed by atoms with E-state index in [-0.39, 0.29) is 44.6 Å². The van der Waals surface area contributed by atoms with Crippen LogP contribution in [0.15, 0.2) is 109 Å². The van der Waals surface area contributed by atoms with Crippen molar-refractivity contribution < 1.29 is 0 Å². The van der Waals surface area contributed by atoms with E-state index in [1.54, 1.807) is 11.1 Å². The second-order valence-corrected chi connectivity index (χ2v) is 28.0. The first-order valence-electron chi connectivity index (χ1n) is 26.4. The average Bonchev–Trinajstić information content (AvgIpc) is 3.92. The maximum Gasteiger partial charge on any atom is 0.254 e. The summed E-state index contributed by atoms with van der Waals surface area (Å²) in [6.07, 6.45) is 8.61. The van der Waals surface area contributed by atoms with Crippen LogP contribution in [-0.2, 0) is 37.9 Å². The van der Waals surface area contributed by atoms with Crippen LogP contribution in [0.2, 0.25) is 0 Å². The molecule has 69 heavy (non-hydrogen) atoms. The van der Waals surface area contributed by atoms with Crippen LogP contribution in [0.25, 0.3) is 21.2 Å². The number of hydrogen-bond donors (Lipinski definition) is 0. The summed E-state index contributed by atoms with van der Waals surface area (Å²) in [7, 11) is 0. The highest BCUT2D eigenvalue weighted by molar-refractivity contribution is 7.26. The maximum atomic E-state index is 2.75. The van der Waals surface area contributed by atoms with Gasteiger partial charge in [-0.25, -0.2) is 0 Å². The van der Waals surface area contributed by atoms with Crippen molar-refractivity contribution in [2.75, 3.05) is 9.80 Å². The largest absolute Gasteiger partial charge is 0.311 e. The Morgan fingerprint density at radius 1 is 0.464 bits per heavy atom. The number of benzene rings is 6. The first-order chi connectivity index (χ1) is 32.5. The minimum Gasteiger partial charge on any atom is -0.311 e. The van der Waals surface area contributed by atoms with Crippen LogP contribution in [0.3, 0.4) is 0 Å². The minimum absolute atomic E-state index is 0.0182. The molecule has 0 N–H and O–H groups in total. The molecule has 2 aliphatic heterocycles. The Labute approximate surface area is 417 Å². The van der Waals surface area contributed by atoms with Gasteiger partial charge >= 0.3 is 0 Å². The molecule has 0 spiro atoms. The number of nitrogens with zero attached hydrogens (tertiary/aromatic N) is 2. The maximum absolute atomic E-state index is 2.75. The number of anilines is 6. The van der Waals surface area contributed by atoms with E-state index in [0.29, 0.717) is 0 Å². The second-order valence-electron chi connectivity index (χ2n) is 26.9. The number of hydrogen-bond acceptors (Lipinski definition) is 3. The smallest absolute Gasteiger partial charge is 0.254 e. The molecule has 0 amide bonds. The molecule has 3 heterocycles. The molecule has 6 aliphatic rings. The molecule has 2 atom stereocenters.